The zero-order valence-electron chi connectivity index (χ0n) is 12.2. The number of nitrogens with one attached hydrogen (secondary N) is 1. The van der Waals surface area contributed by atoms with Crippen LogP contribution < -0.4 is 11.2 Å². The minimum Gasteiger partial charge on any atom is -0.394 e. The number of halogens is 1. The number of aryl methyl sites for hydroxylation is 1. The SMILES string of the molecule is Cc1cc(=O)[nH]c(=O)n1[C@@H]1O[C@H](CO)C(O)[C@]1(C)C#CCF. The molecule has 0 aliphatic carbocycles. The summed E-state index contributed by atoms with van der Waals surface area (Å²) in [4.78, 5) is 25.5. The topological polar surface area (TPSA) is 105 Å². The summed E-state index contributed by atoms with van der Waals surface area (Å²) in [6, 6.07) is 1.20. The average Bonchev–Trinajstić information content (AvgIpc) is 2.69. The van der Waals surface area contributed by atoms with Gasteiger partial charge in [0.05, 0.1) is 6.61 Å². The van der Waals surface area contributed by atoms with E-state index in [0.29, 0.717) is 5.69 Å². The second kappa shape index (κ2) is 6.04. The van der Waals surface area contributed by atoms with Gasteiger partial charge in [-0.1, -0.05) is 11.8 Å². The Morgan fingerprint density at radius 2 is 2.23 bits per heavy atom. The molecule has 1 unspecified atom stereocenters. The molecular formula is C14H17FN2O5. The molecule has 0 radical (unpaired) electrons. The third kappa shape index (κ3) is 2.59. The molecule has 7 nitrogen and oxygen atoms in total. The standard InChI is InChI=1S/C14H17FN2O5/c1-8-6-10(19)16-13(21)17(8)12-14(2,4-3-5-15)11(20)9(7-18)22-12/h6,9,11-12,18,20H,5,7H2,1-2H3,(H,16,19,21)/t9-,11?,12-,14+/m1/s1. The Morgan fingerprint density at radius 1 is 1.55 bits per heavy atom. The van der Waals surface area contributed by atoms with E-state index < -0.39 is 48.4 Å². The van der Waals surface area contributed by atoms with Crippen molar-refractivity contribution in [1.82, 2.24) is 9.55 Å². The number of aliphatic hydroxyl groups excluding tert-OH is 2. The number of rotatable bonds is 2. The second-order valence-electron chi connectivity index (χ2n) is 5.32. The summed E-state index contributed by atoms with van der Waals surface area (Å²) in [6.45, 7) is 1.64. The summed E-state index contributed by atoms with van der Waals surface area (Å²) >= 11 is 0. The van der Waals surface area contributed by atoms with Gasteiger partial charge < -0.3 is 14.9 Å². The highest BCUT2D eigenvalue weighted by atomic mass is 19.1. The fraction of sp³-hybridized carbons (Fsp3) is 0.571. The first-order valence-electron chi connectivity index (χ1n) is 6.68. The van der Waals surface area contributed by atoms with Crippen molar-refractivity contribution in [3.8, 4) is 11.8 Å². The molecule has 8 heteroatoms. The van der Waals surface area contributed by atoms with Crippen LogP contribution in [-0.4, -0.2) is 45.3 Å². The third-order valence-corrected chi connectivity index (χ3v) is 3.79. The molecule has 1 aromatic rings. The van der Waals surface area contributed by atoms with Crippen LogP contribution in [-0.2, 0) is 4.74 Å². The van der Waals surface area contributed by atoms with Gasteiger partial charge in [0.25, 0.3) is 5.56 Å². The molecule has 2 heterocycles. The summed E-state index contributed by atoms with van der Waals surface area (Å²) in [5.74, 6) is 4.81. The van der Waals surface area contributed by atoms with Gasteiger partial charge in [0.1, 0.15) is 24.3 Å². The van der Waals surface area contributed by atoms with Crippen LogP contribution in [0.1, 0.15) is 18.8 Å². The number of nitrogens with zero attached hydrogens (tertiary/aromatic N) is 1. The lowest BCUT2D eigenvalue weighted by atomic mass is 9.82. The monoisotopic (exact) mass is 312 g/mol. The van der Waals surface area contributed by atoms with E-state index in [-0.39, 0.29) is 0 Å². The Kier molecular flexibility index (Phi) is 4.51. The summed E-state index contributed by atoms with van der Waals surface area (Å²) in [7, 11) is 0. The zero-order valence-corrected chi connectivity index (χ0v) is 12.2. The van der Waals surface area contributed by atoms with Gasteiger partial charge in [-0.3, -0.25) is 14.3 Å². The number of aliphatic hydroxyl groups is 2. The van der Waals surface area contributed by atoms with E-state index in [4.69, 9.17) is 4.74 Å². The zero-order chi connectivity index (χ0) is 16.5. The summed E-state index contributed by atoms with van der Waals surface area (Å²) in [5.41, 5.74) is -2.30. The van der Waals surface area contributed by atoms with E-state index in [2.05, 4.69) is 16.8 Å². The van der Waals surface area contributed by atoms with Crippen molar-refractivity contribution in [3.05, 3.63) is 32.6 Å². The lowest BCUT2D eigenvalue weighted by molar-refractivity contribution is -0.0510. The molecule has 0 aromatic carbocycles. The van der Waals surface area contributed by atoms with Gasteiger partial charge in [0.2, 0.25) is 0 Å². The molecule has 1 saturated heterocycles. The highest BCUT2D eigenvalue weighted by molar-refractivity contribution is 5.20. The van der Waals surface area contributed by atoms with E-state index in [1.165, 1.54) is 19.9 Å². The molecule has 3 N–H and O–H groups in total. The molecule has 0 spiro atoms. The van der Waals surface area contributed by atoms with Gasteiger partial charge in [-0.05, 0) is 13.8 Å². The van der Waals surface area contributed by atoms with Crippen molar-refractivity contribution in [1.29, 1.82) is 0 Å². The summed E-state index contributed by atoms with van der Waals surface area (Å²) in [5, 5.41) is 19.6. The van der Waals surface area contributed by atoms with Crippen LogP contribution in [0.2, 0.25) is 0 Å². The Labute approximate surface area is 125 Å². The smallest absolute Gasteiger partial charge is 0.330 e. The molecule has 0 amide bonds. The van der Waals surface area contributed by atoms with Crippen molar-refractivity contribution in [2.75, 3.05) is 13.3 Å². The number of hydrogen-bond acceptors (Lipinski definition) is 5. The first-order chi connectivity index (χ1) is 10.3. The fourth-order valence-corrected chi connectivity index (χ4v) is 2.66. The molecule has 1 aliphatic heterocycles. The Bertz CT molecular complexity index is 731. The molecule has 4 atom stereocenters. The number of alkyl halides is 1. The third-order valence-electron chi connectivity index (χ3n) is 3.79. The number of hydrogen-bond donors (Lipinski definition) is 3. The van der Waals surface area contributed by atoms with Crippen LogP contribution in [0.25, 0.3) is 0 Å². The Morgan fingerprint density at radius 3 is 2.77 bits per heavy atom. The van der Waals surface area contributed by atoms with Crippen LogP contribution in [0.4, 0.5) is 4.39 Å². The maximum Gasteiger partial charge on any atom is 0.330 e. The molecule has 0 bridgehead atoms. The first-order valence-corrected chi connectivity index (χ1v) is 6.68. The molecule has 1 aromatic heterocycles. The van der Waals surface area contributed by atoms with Crippen LogP contribution in [0.15, 0.2) is 15.7 Å². The molecular weight excluding hydrogens is 295 g/mol. The predicted molar refractivity (Wildman–Crippen MR) is 74.9 cm³/mol. The van der Waals surface area contributed by atoms with E-state index >= 15 is 0 Å². The molecule has 1 fully saturated rings. The Hall–Kier alpha value is -1.95. The van der Waals surface area contributed by atoms with Crippen LogP contribution in [0.5, 0.6) is 0 Å². The average molecular weight is 312 g/mol. The fourth-order valence-electron chi connectivity index (χ4n) is 2.66. The molecule has 1 aliphatic rings. The van der Waals surface area contributed by atoms with E-state index in [1.54, 1.807) is 0 Å². The quantitative estimate of drug-likeness (QED) is 0.612. The lowest BCUT2D eigenvalue weighted by Gasteiger charge is -2.29. The summed E-state index contributed by atoms with van der Waals surface area (Å²) < 4.78 is 19.1. The van der Waals surface area contributed by atoms with E-state index in [1.807, 2.05) is 0 Å². The maximum atomic E-state index is 12.4. The number of aromatic nitrogens is 2. The van der Waals surface area contributed by atoms with Crippen molar-refractivity contribution in [2.24, 2.45) is 5.41 Å². The highest BCUT2D eigenvalue weighted by Gasteiger charge is 2.53. The maximum absolute atomic E-state index is 12.4. The van der Waals surface area contributed by atoms with Crippen molar-refractivity contribution >= 4 is 0 Å². The van der Waals surface area contributed by atoms with E-state index in [9.17, 15) is 24.2 Å². The number of H-pyrrole nitrogens is 1. The largest absolute Gasteiger partial charge is 0.394 e. The van der Waals surface area contributed by atoms with Crippen molar-refractivity contribution < 1.29 is 19.3 Å². The van der Waals surface area contributed by atoms with Crippen LogP contribution >= 0.6 is 0 Å². The minimum absolute atomic E-state index is 0.304. The van der Waals surface area contributed by atoms with Gasteiger partial charge in [0.15, 0.2) is 6.23 Å². The number of aromatic amines is 1. The van der Waals surface area contributed by atoms with Crippen molar-refractivity contribution in [3.63, 3.8) is 0 Å². The van der Waals surface area contributed by atoms with Crippen LogP contribution in [0.3, 0.4) is 0 Å². The molecule has 22 heavy (non-hydrogen) atoms. The van der Waals surface area contributed by atoms with Crippen molar-refractivity contribution in [2.45, 2.75) is 32.3 Å². The first kappa shape index (κ1) is 16.4. The highest BCUT2D eigenvalue weighted by Crippen LogP contribution is 2.44. The van der Waals surface area contributed by atoms with Gasteiger partial charge in [0, 0.05) is 11.8 Å². The second-order valence-corrected chi connectivity index (χ2v) is 5.32. The molecule has 0 saturated carbocycles. The lowest BCUT2D eigenvalue weighted by Crippen LogP contribution is -2.42. The van der Waals surface area contributed by atoms with E-state index in [0.717, 1.165) is 4.57 Å². The Balaban J connectivity index is 2.62. The van der Waals surface area contributed by atoms with Gasteiger partial charge in [-0.15, -0.1) is 0 Å². The van der Waals surface area contributed by atoms with Crippen LogP contribution in [0, 0.1) is 24.2 Å². The normalized spacial score (nSPS) is 30.9. The predicted octanol–water partition coefficient (Wildman–Crippen LogP) is -0.925. The molecule has 120 valence electrons. The van der Waals surface area contributed by atoms with Gasteiger partial charge >= 0.3 is 5.69 Å². The van der Waals surface area contributed by atoms with Gasteiger partial charge in [-0.25, -0.2) is 9.18 Å². The summed E-state index contributed by atoms with van der Waals surface area (Å²) in [6.07, 6.45) is -3.26. The van der Waals surface area contributed by atoms with Gasteiger partial charge in [-0.2, -0.15) is 0 Å². The molecule has 2 rings (SSSR count). The minimum atomic E-state index is -1.31. The number of ether oxygens (including phenoxy) is 1.